The fourth-order valence-corrected chi connectivity index (χ4v) is 23.8. The Morgan fingerprint density at radius 1 is 0.507 bits per heavy atom. The maximum absolute atomic E-state index is 12.9. The van der Waals surface area contributed by atoms with Crippen molar-refractivity contribution in [1.82, 2.24) is 0 Å². The van der Waals surface area contributed by atoms with Crippen LogP contribution in [0.25, 0.3) is 0 Å². The van der Waals surface area contributed by atoms with Crippen molar-refractivity contribution in [3.05, 3.63) is 24.3 Å². The highest BCUT2D eigenvalue weighted by molar-refractivity contribution is 5.81. The molecule has 10 rings (SSSR count). The summed E-state index contributed by atoms with van der Waals surface area (Å²) in [7, 11) is 0. The fourth-order valence-electron chi connectivity index (χ4n) is 23.8. The molecule has 22 atom stereocenters. The molecule has 0 amide bonds. The zero-order valence-corrected chi connectivity index (χ0v) is 49.4. The van der Waals surface area contributed by atoms with Crippen LogP contribution in [0, 0.1) is 132 Å². The first-order chi connectivity index (χ1) is 34.6. The average Bonchev–Trinajstić information content (AvgIpc) is 3.90. The zero-order valence-electron chi connectivity index (χ0n) is 49.4. The van der Waals surface area contributed by atoms with Crippen LogP contribution >= 0.6 is 0 Å². The first-order valence-corrected chi connectivity index (χ1v) is 30.5. The molecule has 0 heterocycles. The Kier molecular flexibility index (Phi) is 14.2. The molecule has 0 aliphatic heterocycles. The van der Waals surface area contributed by atoms with E-state index < -0.39 is 29.3 Å². The number of carbonyl (C=O) groups is 4. The summed E-state index contributed by atoms with van der Waals surface area (Å²) in [5.74, 6) is 2.64. The molecule has 2 unspecified atom stereocenters. The zero-order chi connectivity index (χ0) is 55.3. The summed E-state index contributed by atoms with van der Waals surface area (Å²) in [5, 5.41) is 40.6. The minimum Gasteiger partial charge on any atom is -0.481 e. The maximum Gasteiger partial charge on any atom is 0.309 e. The van der Waals surface area contributed by atoms with Crippen molar-refractivity contribution in [2.75, 3.05) is 0 Å². The second-order valence-corrected chi connectivity index (χ2v) is 31.7. The van der Waals surface area contributed by atoms with Gasteiger partial charge >= 0.3 is 23.9 Å². The van der Waals surface area contributed by atoms with Crippen LogP contribution in [-0.4, -0.2) is 56.5 Å². The molecule has 0 spiro atoms. The van der Waals surface area contributed by atoms with Crippen LogP contribution in [0.2, 0.25) is 0 Å². The van der Waals surface area contributed by atoms with Gasteiger partial charge in [-0.15, -0.1) is 0 Å². The molecule has 10 fully saturated rings. The SMILES string of the molecule is C=C(C)[C@@H]1C[C@@H](C(=O)O)C2CC[C@]3(C)[C@H](CC[C@@H]4[C@@]5(C)CC[C@H](O)C(C)(C)[C@@H]5CC[C@]43C)[C@H]21.C=C(C)[C@@H]1C[C@@H](C(=O)O)C2CC[C@]3(C)[C@H](CC[C@@H]4[C@@]5(C)CC[C@H](OC(=O)CC(C)(C)C(=O)O)C(C)(C)[C@@H]5CC[C@]43C)[C@H]21. The number of ether oxygens (including phenoxy) is 1. The van der Waals surface area contributed by atoms with Crippen molar-refractivity contribution < 1.29 is 44.3 Å². The van der Waals surface area contributed by atoms with E-state index >= 15 is 0 Å². The first-order valence-electron chi connectivity index (χ1n) is 30.5. The van der Waals surface area contributed by atoms with Gasteiger partial charge in [0.05, 0.1) is 29.8 Å². The number of aliphatic carboxylic acids is 3. The third-order valence-electron chi connectivity index (χ3n) is 28.0. The van der Waals surface area contributed by atoms with Gasteiger partial charge in [0.15, 0.2) is 0 Å². The Morgan fingerprint density at radius 3 is 1.31 bits per heavy atom. The second-order valence-electron chi connectivity index (χ2n) is 31.7. The number of rotatable bonds is 8. The number of allylic oxidation sites excluding steroid dienone is 2. The molecule has 0 bridgehead atoms. The lowest BCUT2D eigenvalue weighted by Gasteiger charge is -2.72. The second kappa shape index (κ2) is 18.7. The van der Waals surface area contributed by atoms with E-state index in [4.69, 9.17) is 4.74 Å². The van der Waals surface area contributed by atoms with Gasteiger partial charge in [0, 0.05) is 5.41 Å². The molecule has 0 aromatic rings. The van der Waals surface area contributed by atoms with E-state index in [-0.39, 0.29) is 68.9 Å². The predicted molar refractivity (Wildman–Crippen MR) is 295 cm³/mol. The van der Waals surface area contributed by atoms with Gasteiger partial charge in [-0.05, 0) is 252 Å². The Morgan fingerprint density at radius 2 is 0.907 bits per heavy atom. The monoisotopic (exact) mass is 1040 g/mol. The summed E-state index contributed by atoms with van der Waals surface area (Å²) in [6, 6.07) is 0. The van der Waals surface area contributed by atoms with Gasteiger partial charge < -0.3 is 25.2 Å². The number of aliphatic hydroxyl groups excluding tert-OH is 1. The van der Waals surface area contributed by atoms with Crippen LogP contribution in [0.15, 0.2) is 24.3 Å². The number of hydrogen-bond acceptors (Lipinski definition) is 6. The van der Waals surface area contributed by atoms with E-state index in [0.717, 1.165) is 70.6 Å². The van der Waals surface area contributed by atoms with Crippen molar-refractivity contribution in [2.45, 2.75) is 231 Å². The molecular formula is C66H104O9. The molecule has 75 heavy (non-hydrogen) atoms. The van der Waals surface area contributed by atoms with E-state index in [9.17, 15) is 39.6 Å². The summed E-state index contributed by atoms with van der Waals surface area (Å²) in [5.41, 5.74) is 2.39. The summed E-state index contributed by atoms with van der Waals surface area (Å²) in [4.78, 5) is 49.1. The third kappa shape index (κ3) is 8.21. The number of fused-ring (bicyclic) bond motifs is 14. The van der Waals surface area contributed by atoms with Crippen molar-refractivity contribution in [1.29, 1.82) is 0 Å². The van der Waals surface area contributed by atoms with E-state index in [1.807, 2.05) is 0 Å². The average molecular weight is 1040 g/mol. The lowest BCUT2D eigenvalue weighted by atomic mass is 9.33. The Hall–Kier alpha value is -2.68. The van der Waals surface area contributed by atoms with Crippen LogP contribution in [0.4, 0.5) is 0 Å². The molecule has 0 saturated heterocycles. The van der Waals surface area contributed by atoms with Crippen LogP contribution in [0.3, 0.4) is 0 Å². The number of esters is 1. The maximum atomic E-state index is 12.9. The molecular weight excluding hydrogens is 937 g/mol. The fraction of sp³-hybridized carbons (Fsp3) is 0.879. The highest BCUT2D eigenvalue weighted by Gasteiger charge is 2.72. The lowest BCUT2D eigenvalue weighted by Crippen LogP contribution is -2.66. The van der Waals surface area contributed by atoms with E-state index in [2.05, 4.69) is 96.2 Å². The number of carboxylic acid groups (broad SMARTS) is 3. The molecule has 422 valence electrons. The van der Waals surface area contributed by atoms with Gasteiger partial charge in [-0.3, -0.25) is 19.2 Å². The minimum atomic E-state index is -1.14. The van der Waals surface area contributed by atoms with Gasteiger partial charge in [-0.25, -0.2) is 0 Å². The highest BCUT2D eigenvalue weighted by atomic mass is 16.5. The van der Waals surface area contributed by atoms with Gasteiger partial charge in [-0.2, -0.15) is 0 Å². The number of carbonyl (C=O) groups excluding carboxylic acids is 1. The van der Waals surface area contributed by atoms with Crippen LogP contribution < -0.4 is 0 Å². The number of carboxylic acids is 3. The first kappa shape index (κ1) is 57.0. The molecule has 10 aliphatic carbocycles. The van der Waals surface area contributed by atoms with Gasteiger partial charge in [-0.1, -0.05) is 93.5 Å². The van der Waals surface area contributed by atoms with Gasteiger partial charge in [0.2, 0.25) is 0 Å². The van der Waals surface area contributed by atoms with E-state index in [1.165, 1.54) is 56.1 Å². The third-order valence-corrected chi connectivity index (χ3v) is 28.0. The van der Waals surface area contributed by atoms with E-state index in [0.29, 0.717) is 75.9 Å². The minimum absolute atomic E-state index is 0.00501. The normalized spacial score (nSPS) is 49.9. The highest BCUT2D eigenvalue weighted by Crippen LogP contribution is 2.78. The van der Waals surface area contributed by atoms with Gasteiger partial charge in [0.1, 0.15) is 6.10 Å². The smallest absolute Gasteiger partial charge is 0.309 e. The van der Waals surface area contributed by atoms with Crippen molar-refractivity contribution in [3.63, 3.8) is 0 Å². The standard InChI is InChI=1S/C36H56O6.C30H48O3/c1-20(2)22-18-23(30(38)39)21-12-16-35(8)24(29(21)22)10-11-26-34(7)15-14-27(42-28(37)19-32(3,4)31(40)41)33(5,6)25(34)13-17-36(26,35)9;1-17(2)19-16-20(26(32)33)18-10-14-29(6)21(25(18)19)8-9-23-28(5)13-12-24(31)27(3,4)22(28)11-15-30(23,29)7/h21-27,29H,1,10-19H2,2-9H3,(H,38,39)(H,40,41);18-25,31H,1,8-16H2,2-7H3,(H,32,33)/t21?,22-,23+,24+,25-,26+,27-,29+,34-,35+,36+;18?,19-,20+,21+,22-,23+,24-,25+,28-,29+,30+/m00/s1. The van der Waals surface area contributed by atoms with Gasteiger partial charge in [0.25, 0.3) is 0 Å². The molecule has 0 radical (unpaired) electrons. The van der Waals surface area contributed by atoms with Crippen LogP contribution in [0.1, 0.15) is 219 Å². The molecule has 9 heteroatoms. The Bertz CT molecular complexity index is 2310. The quantitative estimate of drug-likeness (QED) is 0.137. The van der Waals surface area contributed by atoms with Crippen molar-refractivity contribution >= 4 is 23.9 Å². The van der Waals surface area contributed by atoms with E-state index in [1.54, 1.807) is 13.8 Å². The van der Waals surface area contributed by atoms with Crippen molar-refractivity contribution in [2.24, 2.45) is 132 Å². The van der Waals surface area contributed by atoms with Crippen molar-refractivity contribution in [3.8, 4) is 0 Å². The summed E-state index contributed by atoms with van der Waals surface area (Å²) in [6.45, 7) is 40.8. The van der Waals surface area contributed by atoms with Crippen LogP contribution in [-0.2, 0) is 23.9 Å². The molecule has 4 N–H and O–H groups in total. The summed E-state index contributed by atoms with van der Waals surface area (Å²) < 4.78 is 6.11. The Labute approximate surface area is 453 Å². The summed E-state index contributed by atoms with van der Waals surface area (Å²) in [6.07, 6.45) is 19.0. The largest absolute Gasteiger partial charge is 0.481 e. The topological polar surface area (TPSA) is 158 Å². The predicted octanol–water partition coefficient (Wildman–Crippen LogP) is 14.9. The summed E-state index contributed by atoms with van der Waals surface area (Å²) >= 11 is 0. The molecule has 10 saturated carbocycles. The Balaban J connectivity index is 0.000000189. The number of aliphatic hydroxyl groups is 1. The molecule has 9 nitrogen and oxygen atoms in total. The molecule has 0 aromatic heterocycles. The lowest BCUT2D eigenvalue weighted by molar-refractivity contribution is -0.245. The van der Waals surface area contributed by atoms with Crippen LogP contribution in [0.5, 0.6) is 0 Å². The molecule has 10 aliphatic rings. The number of hydrogen-bond donors (Lipinski definition) is 4. The molecule has 0 aromatic carbocycles.